The molecule has 0 atom stereocenters. The summed E-state index contributed by atoms with van der Waals surface area (Å²) in [6.07, 6.45) is 5.17. The topological polar surface area (TPSA) is 32.3 Å². The number of carbonyl (C=O) groups excluding carboxylic acids is 1. The Morgan fingerprint density at radius 3 is 2.33 bits per heavy atom. The van der Waals surface area contributed by atoms with E-state index in [0.717, 1.165) is 19.5 Å². The molecule has 3 nitrogen and oxygen atoms in total. The molecule has 1 rings (SSSR count). The average Bonchev–Trinajstić information content (AvgIpc) is 2.28. The molecule has 0 aromatic rings. The number of rotatable bonds is 4. The van der Waals surface area contributed by atoms with Gasteiger partial charge in [-0.3, -0.25) is 4.79 Å². The average molecular weight is 214 g/mol. The summed E-state index contributed by atoms with van der Waals surface area (Å²) in [6, 6.07) is 0. The van der Waals surface area contributed by atoms with Crippen molar-refractivity contribution in [1.82, 2.24) is 10.2 Å². The van der Waals surface area contributed by atoms with E-state index < -0.39 is 0 Å². The molecule has 1 fully saturated rings. The van der Waals surface area contributed by atoms with Gasteiger partial charge in [0.05, 0.1) is 0 Å². The van der Waals surface area contributed by atoms with E-state index in [0.29, 0.717) is 0 Å². The van der Waals surface area contributed by atoms with Crippen molar-refractivity contribution in [2.75, 3.05) is 26.2 Å². The SMILES string of the molecule is CC.CC(=O)NCCCN1CCCCC1. The zero-order valence-corrected chi connectivity index (χ0v) is 10.5. The molecule has 90 valence electrons. The fourth-order valence-corrected chi connectivity index (χ4v) is 1.75. The van der Waals surface area contributed by atoms with E-state index in [1.165, 1.54) is 32.4 Å². The third-order valence-corrected chi connectivity index (χ3v) is 2.47. The van der Waals surface area contributed by atoms with Gasteiger partial charge in [0.15, 0.2) is 0 Å². The van der Waals surface area contributed by atoms with E-state index >= 15 is 0 Å². The summed E-state index contributed by atoms with van der Waals surface area (Å²) >= 11 is 0. The highest BCUT2D eigenvalue weighted by molar-refractivity contribution is 5.72. The van der Waals surface area contributed by atoms with Crippen molar-refractivity contribution in [2.24, 2.45) is 0 Å². The van der Waals surface area contributed by atoms with E-state index in [1.807, 2.05) is 13.8 Å². The van der Waals surface area contributed by atoms with Crippen LogP contribution in [0.1, 0.15) is 46.5 Å². The molecule has 0 spiro atoms. The largest absolute Gasteiger partial charge is 0.356 e. The lowest BCUT2D eigenvalue weighted by Gasteiger charge is -2.26. The molecule has 0 saturated carbocycles. The minimum Gasteiger partial charge on any atom is -0.356 e. The number of likely N-dealkylation sites (tertiary alicyclic amines) is 1. The highest BCUT2D eigenvalue weighted by Crippen LogP contribution is 2.08. The van der Waals surface area contributed by atoms with Gasteiger partial charge in [-0.15, -0.1) is 0 Å². The maximum atomic E-state index is 10.6. The molecule has 0 aromatic heterocycles. The first kappa shape index (κ1) is 14.4. The Kier molecular flexibility index (Phi) is 9.59. The zero-order chi connectivity index (χ0) is 11.5. The van der Waals surface area contributed by atoms with Gasteiger partial charge in [0.25, 0.3) is 0 Å². The van der Waals surface area contributed by atoms with Crippen LogP contribution in [-0.2, 0) is 4.79 Å². The Bertz CT molecular complexity index is 154. The molecule has 1 saturated heterocycles. The van der Waals surface area contributed by atoms with Crippen molar-refractivity contribution in [1.29, 1.82) is 0 Å². The van der Waals surface area contributed by atoms with E-state index in [2.05, 4.69) is 10.2 Å². The molecule has 1 aliphatic heterocycles. The highest BCUT2D eigenvalue weighted by Gasteiger charge is 2.08. The van der Waals surface area contributed by atoms with Crippen molar-refractivity contribution >= 4 is 5.91 Å². The van der Waals surface area contributed by atoms with Crippen LogP contribution in [0.2, 0.25) is 0 Å². The third-order valence-electron chi connectivity index (χ3n) is 2.47. The predicted molar refractivity (Wildman–Crippen MR) is 64.9 cm³/mol. The van der Waals surface area contributed by atoms with Gasteiger partial charge >= 0.3 is 0 Å². The van der Waals surface area contributed by atoms with E-state index in [4.69, 9.17) is 0 Å². The molecule has 1 aliphatic rings. The normalized spacial score (nSPS) is 16.5. The second-order valence-corrected chi connectivity index (χ2v) is 3.74. The lowest BCUT2D eigenvalue weighted by molar-refractivity contribution is -0.118. The first-order chi connectivity index (χ1) is 7.29. The van der Waals surface area contributed by atoms with Crippen LogP contribution in [0.3, 0.4) is 0 Å². The van der Waals surface area contributed by atoms with Crippen molar-refractivity contribution < 1.29 is 4.79 Å². The smallest absolute Gasteiger partial charge is 0.216 e. The maximum absolute atomic E-state index is 10.6. The van der Waals surface area contributed by atoms with E-state index in [1.54, 1.807) is 6.92 Å². The maximum Gasteiger partial charge on any atom is 0.216 e. The van der Waals surface area contributed by atoms with Crippen LogP contribution in [0.4, 0.5) is 0 Å². The molecule has 1 N–H and O–H groups in total. The van der Waals surface area contributed by atoms with Gasteiger partial charge in [-0.2, -0.15) is 0 Å². The summed E-state index contributed by atoms with van der Waals surface area (Å²) < 4.78 is 0. The molecule has 0 aromatic carbocycles. The number of nitrogens with one attached hydrogen (secondary N) is 1. The molecule has 0 unspecified atom stereocenters. The second-order valence-electron chi connectivity index (χ2n) is 3.74. The molecule has 0 radical (unpaired) electrons. The molecule has 0 bridgehead atoms. The molecular weight excluding hydrogens is 188 g/mol. The minimum absolute atomic E-state index is 0.0821. The molecule has 0 aliphatic carbocycles. The lowest BCUT2D eigenvalue weighted by atomic mass is 10.1. The number of amides is 1. The summed E-state index contributed by atoms with van der Waals surface area (Å²) in [4.78, 5) is 13.1. The number of carbonyl (C=O) groups is 1. The van der Waals surface area contributed by atoms with Gasteiger partial charge in [0.1, 0.15) is 0 Å². The first-order valence-corrected chi connectivity index (χ1v) is 6.26. The number of hydrogen-bond acceptors (Lipinski definition) is 2. The fraction of sp³-hybridized carbons (Fsp3) is 0.917. The summed E-state index contributed by atoms with van der Waals surface area (Å²) in [5.41, 5.74) is 0. The molecule has 1 heterocycles. The summed E-state index contributed by atoms with van der Waals surface area (Å²) in [5, 5.41) is 2.82. The van der Waals surface area contributed by atoms with Crippen molar-refractivity contribution in [2.45, 2.75) is 46.5 Å². The Morgan fingerprint density at radius 2 is 1.80 bits per heavy atom. The van der Waals surface area contributed by atoms with Crippen LogP contribution in [-0.4, -0.2) is 37.0 Å². The van der Waals surface area contributed by atoms with Gasteiger partial charge in [0.2, 0.25) is 5.91 Å². The summed E-state index contributed by atoms with van der Waals surface area (Å²) in [7, 11) is 0. The predicted octanol–water partition coefficient (Wildman–Crippen LogP) is 2.02. The zero-order valence-electron chi connectivity index (χ0n) is 10.5. The third kappa shape index (κ3) is 8.43. The van der Waals surface area contributed by atoms with Crippen LogP contribution >= 0.6 is 0 Å². The summed E-state index contributed by atoms with van der Waals surface area (Å²) in [5.74, 6) is 0.0821. The van der Waals surface area contributed by atoms with Crippen LogP contribution in [0.25, 0.3) is 0 Å². The fourth-order valence-electron chi connectivity index (χ4n) is 1.75. The lowest BCUT2D eigenvalue weighted by Crippen LogP contribution is -2.32. The molecule has 1 amide bonds. The molecular formula is C12H26N2O. The van der Waals surface area contributed by atoms with Crippen LogP contribution in [0.15, 0.2) is 0 Å². The number of piperidine rings is 1. The molecule has 15 heavy (non-hydrogen) atoms. The Morgan fingerprint density at radius 1 is 1.20 bits per heavy atom. The van der Waals surface area contributed by atoms with Gasteiger partial charge in [-0.1, -0.05) is 20.3 Å². The van der Waals surface area contributed by atoms with Gasteiger partial charge in [0, 0.05) is 13.5 Å². The van der Waals surface area contributed by atoms with Gasteiger partial charge < -0.3 is 10.2 Å². The van der Waals surface area contributed by atoms with Gasteiger partial charge in [-0.25, -0.2) is 0 Å². The Balaban J connectivity index is 0.000000921. The van der Waals surface area contributed by atoms with Crippen LogP contribution in [0.5, 0.6) is 0 Å². The standard InChI is InChI=1S/C10H20N2O.C2H6/c1-10(13)11-6-5-9-12-7-3-2-4-8-12;1-2/h2-9H2,1H3,(H,11,13);1-2H3. The Hall–Kier alpha value is -0.570. The second kappa shape index (κ2) is 9.97. The Labute approximate surface area is 94.2 Å². The minimum atomic E-state index is 0.0821. The van der Waals surface area contributed by atoms with E-state index in [-0.39, 0.29) is 5.91 Å². The van der Waals surface area contributed by atoms with Crippen molar-refractivity contribution in [3.05, 3.63) is 0 Å². The van der Waals surface area contributed by atoms with Crippen molar-refractivity contribution in [3.8, 4) is 0 Å². The highest BCUT2D eigenvalue weighted by atomic mass is 16.1. The summed E-state index contributed by atoms with van der Waals surface area (Å²) in [6.45, 7) is 10.0. The first-order valence-electron chi connectivity index (χ1n) is 6.26. The monoisotopic (exact) mass is 214 g/mol. The van der Waals surface area contributed by atoms with Crippen LogP contribution in [0, 0.1) is 0 Å². The quantitative estimate of drug-likeness (QED) is 0.726. The van der Waals surface area contributed by atoms with E-state index in [9.17, 15) is 4.79 Å². The van der Waals surface area contributed by atoms with Crippen molar-refractivity contribution in [3.63, 3.8) is 0 Å². The number of nitrogens with zero attached hydrogens (tertiary/aromatic N) is 1. The molecule has 3 heteroatoms. The van der Waals surface area contributed by atoms with Crippen LogP contribution < -0.4 is 5.32 Å². The van der Waals surface area contributed by atoms with Gasteiger partial charge in [-0.05, 0) is 38.9 Å². The number of hydrogen-bond donors (Lipinski definition) is 1.